The van der Waals surface area contributed by atoms with E-state index in [9.17, 15) is 9.59 Å². The standard InChI is InChI=1S/C17H17N5O4S/c1-2-11-6-14(23)19-16-20-21-17(22(11)16)27-8-15(24)18-7-10-3-4-12-13(5-10)26-9-25-12/h3-6H,2,7-9H2,1H3,(H,18,24)(H,19,20,23). The summed E-state index contributed by atoms with van der Waals surface area (Å²) < 4.78 is 12.4. The lowest BCUT2D eigenvalue weighted by Crippen LogP contribution is -2.24. The number of ether oxygens (including phenoxy) is 2. The number of carbonyl (C=O) groups excluding carboxylic acids is 1. The normalized spacial score (nSPS) is 12.5. The molecular formula is C17H17N5O4S. The molecule has 1 aliphatic rings. The van der Waals surface area contributed by atoms with Crippen LogP contribution in [-0.4, -0.2) is 38.0 Å². The molecule has 1 aromatic carbocycles. The number of amides is 1. The molecule has 0 atom stereocenters. The number of aromatic amines is 1. The lowest BCUT2D eigenvalue weighted by atomic mass is 10.2. The summed E-state index contributed by atoms with van der Waals surface area (Å²) in [6.45, 7) is 2.56. The predicted molar refractivity (Wildman–Crippen MR) is 98.1 cm³/mol. The van der Waals surface area contributed by atoms with Crippen molar-refractivity contribution in [3.63, 3.8) is 0 Å². The molecule has 3 aromatic rings. The van der Waals surface area contributed by atoms with Gasteiger partial charge >= 0.3 is 0 Å². The maximum absolute atomic E-state index is 12.2. The minimum Gasteiger partial charge on any atom is -0.454 e. The quantitative estimate of drug-likeness (QED) is 0.610. The van der Waals surface area contributed by atoms with Crippen molar-refractivity contribution in [3.05, 3.63) is 45.9 Å². The number of rotatable bonds is 6. The highest BCUT2D eigenvalue weighted by Crippen LogP contribution is 2.32. The van der Waals surface area contributed by atoms with Gasteiger partial charge in [-0.25, -0.2) is 0 Å². The summed E-state index contributed by atoms with van der Waals surface area (Å²) in [5.74, 6) is 1.84. The number of H-pyrrole nitrogens is 1. The fourth-order valence-electron chi connectivity index (χ4n) is 2.76. The SMILES string of the molecule is CCc1cc(=O)[nH]c2nnc(SCC(=O)NCc3ccc4c(c3)OCO4)n12. The molecule has 0 unspecified atom stereocenters. The second-order valence-electron chi connectivity index (χ2n) is 5.87. The minimum atomic E-state index is -0.218. The monoisotopic (exact) mass is 387 g/mol. The molecule has 27 heavy (non-hydrogen) atoms. The van der Waals surface area contributed by atoms with Gasteiger partial charge in [0.15, 0.2) is 16.7 Å². The molecule has 3 heterocycles. The van der Waals surface area contributed by atoms with Crippen LogP contribution in [0.1, 0.15) is 18.2 Å². The van der Waals surface area contributed by atoms with E-state index < -0.39 is 0 Å². The summed E-state index contributed by atoms with van der Waals surface area (Å²) in [6.07, 6.45) is 0.655. The summed E-state index contributed by atoms with van der Waals surface area (Å²) in [4.78, 5) is 26.4. The molecule has 1 aliphatic heterocycles. The number of nitrogens with one attached hydrogen (secondary N) is 2. The van der Waals surface area contributed by atoms with Gasteiger partial charge in [0.05, 0.1) is 5.75 Å². The van der Waals surface area contributed by atoms with E-state index in [1.54, 1.807) is 4.40 Å². The van der Waals surface area contributed by atoms with Crippen molar-refractivity contribution in [1.82, 2.24) is 24.9 Å². The van der Waals surface area contributed by atoms with E-state index >= 15 is 0 Å². The van der Waals surface area contributed by atoms with Crippen molar-refractivity contribution in [3.8, 4) is 11.5 Å². The number of hydrogen-bond acceptors (Lipinski definition) is 7. The number of carbonyl (C=O) groups is 1. The van der Waals surface area contributed by atoms with Crippen molar-refractivity contribution in [1.29, 1.82) is 0 Å². The lowest BCUT2D eigenvalue weighted by Gasteiger charge is -2.07. The Balaban J connectivity index is 1.38. The van der Waals surface area contributed by atoms with Crippen LogP contribution < -0.4 is 20.3 Å². The number of nitrogens with zero attached hydrogens (tertiary/aromatic N) is 3. The summed E-state index contributed by atoms with van der Waals surface area (Å²) >= 11 is 1.27. The van der Waals surface area contributed by atoms with E-state index in [1.165, 1.54) is 17.8 Å². The molecule has 0 spiro atoms. The first-order valence-corrected chi connectivity index (χ1v) is 9.38. The van der Waals surface area contributed by atoms with E-state index in [2.05, 4.69) is 20.5 Å². The molecule has 0 fully saturated rings. The fourth-order valence-corrected chi connectivity index (χ4v) is 3.55. The van der Waals surface area contributed by atoms with Crippen LogP contribution in [0.4, 0.5) is 0 Å². The van der Waals surface area contributed by atoms with Gasteiger partial charge in [-0.3, -0.25) is 19.0 Å². The smallest absolute Gasteiger partial charge is 0.252 e. The van der Waals surface area contributed by atoms with Crippen LogP contribution in [-0.2, 0) is 17.8 Å². The van der Waals surface area contributed by atoms with Crippen LogP contribution in [0.15, 0.2) is 34.2 Å². The second kappa shape index (κ2) is 7.31. The van der Waals surface area contributed by atoms with Crippen LogP contribution in [0.2, 0.25) is 0 Å². The van der Waals surface area contributed by atoms with Crippen LogP contribution in [0.3, 0.4) is 0 Å². The maximum atomic E-state index is 12.2. The van der Waals surface area contributed by atoms with E-state index in [4.69, 9.17) is 9.47 Å². The topological polar surface area (TPSA) is 111 Å². The minimum absolute atomic E-state index is 0.128. The number of aromatic nitrogens is 4. The molecule has 9 nitrogen and oxygen atoms in total. The highest BCUT2D eigenvalue weighted by molar-refractivity contribution is 7.99. The zero-order chi connectivity index (χ0) is 18.8. The average molecular weight is 387 g/mol. The maximum Gasteiger partial charge on any atom is 0.252 e. The first-order valence-electron chi connectivity index (χ1n) is 8.39. The van der Waals surface area contributed by atoms with Crippen molar-refractivity contribution in [2.75, 3.05) is 12.5 Å². The molecule has 0 radical (unpaired) electrons. The third-order valence-electron chi connectivity index (χ3n) is 4.07. The number of hydrogen-bond donors (Lipinski definition) is 2. The third-order valence-corrected chi connectivity index (χ3v) is 5.00. The highest BCUT2D eigenvalue weighted by atomic mass is 32.2. The summed E-state index contributed by atoms with van der Waals surface area (Å²) in [5.41, 5.74) is 1.50. The van der Waals surface area contributed by atoms with E-state index in [1.807, 2.05) is 25.1 Å². The van der Waals surface area contributed by atoms with Crippen molar-refractivity contribution < 1.29 is 14.3 Å². The summed E-state index contributed by atoms with van der Waals surface area (Å²) in [5, 5.41) is 11.5. The summed E-state index contributed by atoms with van der Waals surface area (Å²) in [7, 11) is 0. The number of fused-ring (bicyclic) bond motifs is 2. The molecule has 2 aromatic heterocycles. The Hall–Kier alpha value is -3.01. The molecule has 0 saturated carbocycles. The summed E-state index contributed by atoms with van der Waals surface area (Å²) in [6, 6.07) is 7.08. The molecule has 4 rings (SSSR count). The Morgan fingerprint density at radius 3 is 3.00 bits per heavy atom. The number of thioether (sulfide) groups is 1. The van der Waals surface area contributed by atoms with Crippen LogP contribution >= 0.6 is 11.8 Å². The van der Waals surface area contributed by atoms with Gasteiger partial charge in [0.25, 0.3) is 5.56 Å². The van der Waals surface area contributed by atoms with E-state index in [-0.39, 0.29) is 24.0 Å². The van der Waals surface area contributed by atoms with Gasteiger partial charge in [-0.15, -0.1) is 10.2 Å². The molecular weight excluding hydrogens is 370 g/mol. The molecule has 0 saturated heterocycles. The molecule has 1 amide bonds. The highest BCUT2D eigenvalue weighted by Gasteiger charge is 2.15. The molecule has 2 N–H and O–H groups in total. The Labute approximate surface area is 158 Å². The first kappa shape index (κ1) is 17.4. The molecule has 0 aliphatic carbocycles. The van der Waals surface area contributed by atoms with Gasteiger partial charge in [-0.05, 0) is 24.1 Å². The van der Waals surface area contributed by atoms with E-state index in [0.29, 0.717) is 35.4 Å². The van der Waals surface area contributed by atoms with Gasteiger partial charge in [-0.1, -0.05) is 24.8 Å². The van der Waals surface area contributed by atoms with Gasteiger partial charge in [0, 0.05) is 18.3 Å². The number of aryl methyl sites for hydroxylation is 1. The molecule has 0 bridgehead atoms. The second-order valence-corrected chi connectivity index (χ2v) is 6.82. The van der Waals surface area contributed by atoms with Gasteiger partial charge in [0.2, 0.25) is 18.5 Å². The fraction of sp³-hybridized carbons (Fsp3) is 0.294. The third kappa shape index (κ3) is 3.61. The molecule has 140 valence electrons. The van der Waals surface area contributed by atoms with Crippen molar-refractivity contribution in [2.24, 2.45) is 0 Å². The predicted octanol–water partition coefficient (Wildman–Crippen LogP) is 1.12. The average Bonchev–Trinajstić information content (AvgIpc) is 3.30. The first-order chi connectivity index (χ1) is 13.1. The van der Waals surface area contributed by atoms with Crippen LogP contribution in [0, 0.1) is 0 Å². The zero-order valence-corrected chi connectivity index (χ0v) is 15.3. The van der Waals surface area contributed by atoms with Gasteiger partial charge in [0.1, 0.15) is 0 Å². The zero-order valence-electron chi connectivity index (χ0n) is 14.5. The van der Waals surface area contributed by atoms with Gasteiger partial charge in [-0.2, -0.15) is 0 Å². The Morgan fingerprint density at radius 1 is 1.30 bits per heavy atom. The Bertz CT molecular complexity index is 1060. The van der Waals surface area contributed by atoms with Crippen molar-refractivity contribution >= 4 is 23.4 Å². The van der Waals surface area contributed by atoms with Crippen LogP contribution in [0.5, 0.6) is 11.5 Å². The van der Waals surface area contributed by atoms with Crippen molar-refractivity contribution in [2.45, 2.75) is 25.0 Å². The Kier molecular flexibility index (Phi) is 4.71. The lowest BCUT2D eigenvalue weighted by molar-refractivity contribution is -0.118. The largest absolute Gasteiger partial charge is 0.454 e. The Morgan fingerprint density at radius 2 is 2.15 bits per heavy atom. The van der Waals surface area contributed by atoms with Gasteiger partial charge < -0.3 is 14.8 Å². The molecule has 10 heteroatoms. The van der Waals surface area contributed by atoms with E-state index in [0.717, 1.165) is 11.3 Å². The number of benzene rings is 1. The van der Waals surface area contributed by atoms with Crippen LogP contribution in [0.25, 0.3) is 5.78 Å².